The molecule has 2 aromatic carbocycles. The van der Waals surface area contributed by atoms with E-state index < -0.39 is 0 Å². The monoisotopic (exact) mass is 152 g/mol. The summed E-state index contributed by atoms with van der Waals surface area (Å²) in [5.74, 6) is 0. The molecule has 0 fully saturated rings. The van der Waals surface area contributed by atoms with E-state index in [9.17, 15) is 0 Å². The molecule has 0 spiro atoms. The highest BCUT2D eigenvalue weighted by Crippen LogP contribution is 2.16. The number of hydrogen-bond donors (Lipinski definition) is 0. The third-order valence-corrected chi connectivity index (χ3v) is 1.76. The molecule has 2 rings (SSSR count). The van der Waals surface area contributed by atoms with Crippen LogP contribution in [0.25, 0.3) is 11.1 Å². The third kappa shape index (κ3) is 1.37. The quantitative estimate of drug-likeness (QED) is 0.589. The van der Waals surface area contributed by atoms with Crippen LogP contribution in [0.4, 0.5) is 0 Å². The van der Waals surface area contributed by atoms with E-state index in [-0.39, 0.29) is 0 Å². The molecule has 0 bridgehead atoms. The molecule has 0 nitrogen and oxygen atoms in total. The van der Waals surface area contributed by atoms with Gasteiger partial charge in [0.05, 0.1) is 0 Å². The molecule has 2 radical (unpaired) electrons. The van der Waals surface area contributed by atoms with E-state index in [4.69, 9.17) is 0 Å². The minimum atomic E-state index is 1.19. The van der Waals surface area contributed by atoms with Crippen LogP contribution in [0.2, 0.25) is 0 Å². The molecule has 12 heavy (non-hydrogen) atoms. The van der Waals surface area contributed by atoms with Crippen LogP contribution < -0.4 is 0 Å². The molecule has 0 saturated carbocycles. The van der Waals surface area contributed by atoms with Gasteiger partial charge in [0.1, 0.15) is 0 Å². The number of benzene rings is 2. The van der Waals surface area contributed by atoms with E-state index >= 15 is 0 Å². The molecule has 0 aliphatic rings. The SMILES string of the molecule is [c]1[c]cc(-c2ccccc2)cc1. The van der Waals surface area contributed by atoms with Gasteiger partial charge in [-0.05, 0) is 29.3 Å². The van der Waals surface area contributed by atoms with E-state index in [1.165, 1.54) is 11.1 Å². The average Bonchev–Trinajstić information content (AvgIpc) is 2.21. The fraction of sp³-hybridized carbons (Fsp3) is 0. The Morgan fingerprint density at radius 2 is 1.58 bits per heavy atom. The molecule has 0 N–H and O–H groups in total. The van der Waals surface area contributed by atoms with Crippen LogP contribution in [0.3, 0.4) is 0 Å². The van der Waals surface area contributed by atoms with Gasteiger partial charge in [0.25, 0.3) is 0 Å². The van der Waals surface area contributed by atoms with Crippen molar-refractivity contribution in [2.45, 2.75) is 0 Å². The van der Waals surface area contributed by atoms with Gasteiger partial charge in [-0.2, -0.15) is 0 Å². The van der Waals surface area contributed by atoms with Crippen molar-refractivity contribution in [1.29, 1.82) is 0 Å². The molecule has 0 amide bonds. The Labute approximate surface area is 72.5 Å². The lowest BCUT2D eigenvalue weighted by molar-refractivity contribution is 1.60. The second-order valence-electron chi connectivity index (χ2n) is 2.59. The van der Waals surface area contributed by atoms with Crippen LogP contribution in [0.15, 0.2) is 48.5 Å². The Morgan fingerprint density at radius 3 is 2.25 bits per heavy atom. The van der Waals surface area contributed by atoms with Crippen molar-refractivity contribution in [3.63, 3.8) is 0 Å². The molecule has 0 aliphatic carbocycles. The van der Waals surface area contributed by atoms with E-state index in [0.717, 1.165) is 0 Å². The van der Waals surface area contributed by atoms with Crippen molar-refractivity contribution in [1.82, 2.24) is 0 Å². The zero-order chi connectivity index (χ0) is 8.23. The maximum absolute atomic E-state index is 2.93. The first-order valence-electron chi connectivity index (χ1n) is 3.90. The van der Waals surface area contributed by atoms with Crippen molar-refractivity contribution in [2.24, 2.45) is 0 Å². The molecule has 56 valence electrons. The molecule has 0 aliphatic heterocycles. The summed E-state index contributed by atoms with van der Waals surface area (Å²) in [6.07, 6.45) is 0. The Balaban J connectivity index is 2.46. The first-order valence-corrected chi connectivity index (χ1v) is 3.90. The van der Waals surface area contributed by atoms with Gasteiger partial charge in [-0.25, -0.2) is 0 Å². The first kappa shape index (κ1) is 7.11. The van der Waals surface area contributed by atoms with Gasteiger partial charge in [-0.1, -0.05) is 42.5 Å². The van der Waals surface area contributed by atoms with Crippen LogP contribution >= 0.6 is 0 Å². The van der Waals surface area contributed by atoms with Gasteiger partial charge < -0.3 is 0 Å². The molecule has 2 aromatic rings. The molecule has 0 saturated heterocycles. The predicted molar refractivity (Wildman–Crippen MR) is 49.6 cm³/mol. The van der Waals surface area contributed by atoms with E-state index in [1.54, 1.807) is 0 Å². The Hall–Kier alpha value is -1.56. The Morgan fingerprint density at radius 1 is 0.750 bits per heavy atom. The summed E-state index contributed by atoms with van der Waals surface area (Å²) in [6.45, 7) is 0. The van der Waals surface area contributed by atoms with Crippen molar-refractivity contribution in [3.05, 3.63) is 60.7 Å². The molecule has 0 aromatic heterocycles. The fourth-order valence-electron chi connectivity index (χ4n) is 1.16. The van der Waals surface area contributed by atoms with Gasteiger partial charge in [-0.3, -0.25) is 0 Å². The second-order valence-corrected chi connectivity index (χ2v) is 2.59. The summed E-state index contributed by atoms with van der Waals surface area (Å²) in [5.41, 5.74) is 2.41. The first-order chi connectivity index (χ1) is 5.97. The summed E-state index contributed by atoms with van der Waals surface area (Å²) < 4.78 is 0. The summed E-state index contributed by atoms with van der Waals surface area (Å²) >= 11 is 0. The van der Waals surface area contributed by atoms with Crippen LogP contribution in [-0.2, 0) is 0 Å². The zero-order valence-electron chi connectivity index (χ0n) is 6.62. The normalized spacial score (nSPS) is 9.67. The maximum atomic E-state index is 2.93. The molecule has 0 heterocycles. The standard InChI is InChI=1S/C12H8/c1-3-7-11(8-4-1)12-9-5-2-6-10-12/h1,3-5,7-10H. The minimum Gasteiger partial charge on any atom is -0.0622 e. The van der Waals surface area contributed by atoms with Gasteiger partial charge in [0, 0.05) is 0 Å². The largest absolute Gasteiger partial charge is 0.0622 e. The van der Waals surface area contributed by atoms with Crippen LogP contribution in [0.5, 0.6) is 0 Å². The van der Waals surface area contributed by atoms with Crippen molar-refractivity contribution in [2.75, 3.05) is 0 Å². The lowest BCUT2D eigenvalue weighted by Gasteiger charge is -1.98. The topological polar surface area (TPSA) is 0 Å². The molecule has 0 atom stereocenters. The summed E-state index contributed by atoms with van der Waals surface area (Å²) in [6, 6.07) is 21.9. The van der Waals surface area contributed by atoms with Crippen molar-refractivity contribution >= 4 is 0 Å². The maximum Gasteiger partial charge on any atom is -0.00926 e. The average molecular weight is 152 g/mol. The number of rotatable bonds is 1. The predicted octanol–water partition coefficient (Wildman–Crippen LogP) is 2.95. The van der Waals surface area contributed by atoms with Gasteiger partial charge in [0.15, 0.2) is 0 Å². The van der Waals surface area contributed by atoms with E-state index in [1.807, 2.05) is 36.4 Å². The summed E-state index contributed by atoms with van der Waals surface area (Å²) in [5, 5.41) is 0. The second kappa shape index (κ2) is 3.22. The molecule has 0 unspecified atom stereocenters. The van der Waals surface area contributed by atoms with Crippen molar-refractivity contribution in [3.8, 4) is 11.1 Å². The highest BCUT2D eigenvalue weighted by molar-refractivity contribution is 5.62. The summed E-state index contributed by atoms with van der Waals surface area (Å²) in [7, 11) is 0. The number of hydrogen-bond acceptors (Lipinski definition) is 0. The molecule has 0 heteroatoms. The van der Waals surface area contributed by atoms with E-state index in [2.05, 4.69) is 24.3 Å². The van der Waals surface area contributed by atoms with Crippen LogP contribution in [0.1, 0.15) is 0 Å². The third-order valence-electron chi connectivity index (χ3n) is 1.76. The molecular weight excluding hydrogens is 144 g/mol. The van der Waals surface area contributed by atoms with Gasteiger partial charge >= 0.3 is 0 Å². The zero-order valence-corrected chi connectivity index (χ0v) is 6.62. The Kier molecular flexibility index (Phi) is 1.91. The highest BCUT2D eigenvalue weighted by atomic mass is 14.0. The fourth-order valence-corrected chi connectivity index (χ4v) is 1.16. The van der Waals surface area contributed by atoms with Gasteiger partial charge in [-0.15, -0.1) is 0 Å². The van der Waals surface area contributed by atoms with Crippen molar-refractivity contribution < 1.29 is 0 Å². The smallest absolute Gasteiger partial charge is 0.00926 e. The Bertz CT molecular complexity index is 297. The highest BCUT2D eigenvalue weighted by Gasteiger charge is 1.92. The van der Waals surface area contributed by atoms with Crippen LogP contribution in [0, 0.1) is 12.1 Å². The van der Waals surface area contributed by atoms with Crippen LogP contribution in [-0.4, -0.2) is 0 Å². The molecular formula is C12H8. The lowest BCUT2D eigenvalue weighted by Crippen LogP contribution is -1.74. The minimum absolute atomic E-state index is 1.19. The van der Waals surface area contributed by atoms with Gasteiger partial charge in [0.2, 0.25) is 0 Å². The lowest BCUT2D eigenvalue weighted by atomic mass is 10.1. The van der Waals surface area contributed by atoms with E-state index in [0.29, 0.717) is 0 Å². The summed E-state index contributed by atoms with van der Waals surface area (Å²) in [4.78, 5) is 0.